The van der Waals surface area contributed by atoms with Gasteiger partial charge in [0, 0.05) is 30.9 Å². The standard InChI is InChI=1S/C15H25N3O2/c1-4-13-16-8-9-18(13)12-6-5-7-15(10-12,14(19)20)17-11(2)3/h8-9,11-12,17H,4-7,10H2,1-3H3,(H,19,20). The fourth-order valence-corrected chi connectivity index (χ4v) is 3.37. The van der Waals surface area contributed by atoms with Crippen molar-refractivity contribution >= 4 is 5.97 Å². The van der Waals surface area contributed by atoms with E-state index in [4.69, 9.17) is 0 Å². The number of hydrogen-bond donors (Lipinski definition) is 2. The number of imidazole rings is 1. The van der Waals surface area contributed by atoms with E-state index < -0.39 is 11.5 Å². The highest BCUT2D eigenvalue weighted by Crippen LogP contribution is 2.36. The Kier molecular flexibility index (Phi) is 4.48. The average molecular weight is 279 g/mol. The zero-order valence-electron chi connectivity index (χ0n) is 12.6. The van der Waals surface area contributed by atoms with Crippen molar-refractivity contribution in [2.45, 2.75) is 70.5 Å². The molecule has 2 N–H and O–H groups in total. The lowest BCUT2D eigenvalue weighted by molar-refractivity contribution is -0.147. The molecule has 0 aromatic carbocycles. The number of carboxylic acid groups (broad SMARTS) is 1. The summed E-state index contributed by atoms with van der Waals surface area (Å²) in [5.41, 5.74) is -0.799. The predicted octanol–water partition coefficient (Wildman–Crippen LogP) is 2.38. The molecule has 0 amide bonds. The smallest absolute Gasteiger partial charge is 0.323 e. The lowest BCUT2D eigenvalue weighted by Crippen LogP contribution is -2.57. The highest BCUT2D eigenvalue weighted by Gasteiger charge is 2.43. The van der Waals surface area contributed by atoms with Gasteiger partial charge in [0.05, 0.1) is 0 Å². The maximum Gasteiger partial charge on any atom is 0.323 e. The molecule has 0 bridgehead atoms. The highest BCUT2D eigenvalue weighted by atomic mass is 16.4. The SMILES string of the molecule is CCc1nccn1C1CCCC(NC(C)C)(C(=O)O)C1. The Morgan fingerprint density at radius 2 is 2.40 bits per heavy atom. The van der Waals surface area contributed by atoms with Gasteiger partial charge in [-0.1, -0.05) is 6.92 Å². The van der Waals surface area contributed by atoms with E-state index in [-0.39, 0.29) is 12.1 Å². The predicted molar refractivity (Wildman–Crippen MR) is 77.7 cm³/mol. The van der Waals surface area contributed by atoms with Crippen LogP contribution < -0.4 is 5.32 Å². The summed E-state index contributed by atoms with van der Waals surface area (Å²) in [6, 6.07) is 0.391. The summed E-state index contributed by atoms with van der Waals surface area (Å²) >= 11 is 0. The number of aryl methyl sites for hydroxylation is 1. The first-order valence-electron chi connectivity index (χ1n) is 7.51. The van der Waals surface area contributed by atoms with E-state index >= 15 is 0 Å². The van der Waals surface area contributed by atoms with Gasteiger partial charge in [-0.15, -0.1) is 0 Å². The first-order valence-corrected chi connectivity index (χ1v) is 7.51. The molecule has 1 heterocycles. The molecule has 0 radical (unpaired) electrons. The minimum absolute atomic E-state index is 0.165. The van der Waals surface area contributed by atoms with Gasteiger partial charge in [0.25, 0.3) is 0 Å². The van der Waals surface area contributed by atoms with Crippen LogP contribution in [0.15, 0.2) is 12.4 Å². The second kappa shape index (κ2) is 5.95. The second-order valence-electron chi connectivity index (χ2n) is 6.04. The molecule has 20 heavy (non-hydrogen) atoms. The Hall–Kier alpha value is -1.36. The van der Waals surface area contributed by atoms with Crippen molar-refractivity contribution in [3.8, 4) is 0 Å². The first kappa shape index (κ1) is 15.0. The van der Waals surface area contributed by atoms with Crippen molar-refractivity contribution in [3.63, 3.8) is 0 Å². The zero-order chi connectivity index (χ0) is 14.8. The second-order valence-corrected chi connectivity index (χ2v) is 6.04. The van der Waals surface area contributed by atoms with Gasteiger partial charge in [-0.3, -0.25) is 10.1 Å². The molecule has 1 aliphatic carbocycles. The van der Waals surface area contributed by atoms with Gasteiger partial charge >= 0.3 is 5.97 Å². The molecule has 1 aromatic rings. The van der Waals surface area contributed by atoms with Crippen molar-refractivity contribution < 1.29 is 9.90 Å². The largest absolute Gasteiger partial charge is 0.480 e. The van der Waals surface area contributed by atoms with E-state index in [0.29, 0.717) is 12.8 Å². The van der Waals surface area contributed by atoms with Gasteiger partial charge in [-0.05, 0) is 39.5 Å². The van der Waals surface area contributed by atoms with Crippen LogP contribution in [0.2, 0.25) is 0 Å². The van der Waals surface area contributed by atoms with Crippen LogP contribution in [-0.4, -0.2) is 32.2 Å². The van der Waals surface area contributed by atoms with Gasteiger partial charge < -0.3 is 9.67 Å². The van der Waals surface area contributed by atoms with Crippen LogP contribution in [0.4, 0.5) is 0 Å². The minimum atomic E-state index is -0.799. The van der Waals surface area contributed by atoms with Crippen molar-refractivity contribution in [3.05, 3.63) is 18.2 Å². The zero-order valence-corrected chi connectivity index (χ0v) is 12.6. The number of nitrogens with zero attached hydrogens (tertiary/aromatic N) is 2. The topological polar surface area (TPSA) is 67.2 Å². The fraction of sp³-hybridized carbons (Fsp3) is 0.733. The molecule has 1 saturated carbocycles. The number of rotatable bonds is 5. The van der Waals surface area contributed by atoms with Crippen molar-refractivity contribution in [1.29, 1.82) is 0 Å². The molecule has 1 fully saturated rings. The summed E-state index contributed by atoms with van der Waals surface area (Å²) in [6.45, 7) is 6.09. The van der Waals surface area contributed by atoms with E-state index in [1.54, 1.807) is 0 Å². The Morgan fingerprint density at radius 3 is 3.00 bits per heavy atom. The average Bonchev–Trinajstić information content (AvgIpc) is 2.86. The Labute approximate surface area is 120 Å². The third kappa shape index (κ3) is 2.87. The van der Waals surface area contributed by atoms with Crippen LogP contribution in [0.3, 0.4) is 0 Å². The maximum absolute atomic E-state index is 11.8. The number of nitrogens with one attached hydrogen (secondary N) is 1. The number of carboxylic acids is 1. The molecule has 5 nitrogen and oxygen atoms in total. The molecule has 0 spiro atoms. The van der Waals surface area contributed by atoms with E-state index in [9.17, 15) is 9.90 Å². The molecular weight excluding hydrogens is 254 g/mol. The van der Waals surface area contributed by atoms with Crippen LogP contribution in [0.25, 0.3) is 0 Å². The van der Waals surface area contributed by atoms with Crippen molar-refractivity contribution in [2.24, 2.45) is 0 Å². The van der Waals surface area contributed by atoms with Gasteiger partial charge in [0.15, 0.2) is 0 Å². The van der Waals surface area contributed by atoms with Gasteiger partial charge in [-0.2, -0.15) is 0 Å². The molecule has 1 aromatic heterocycles. The molecule has 5 heteroatoms. The molecule has 0 aliphatic heterocycles. The summed E-state index contributed by atoms with van der Waals surface area (Å²) in [4.78, 5) is 16.2. The van der Waals surface area contributed by atoms with Crippen molar-refractivity contribution in [2.75, 3.05) is 0 Å². The van der Waals surface area contributed by atoms with E-state index in [1.807, 2.05) is 26.2 Å². The normalized spacial score (nSPS) is 26.9. The summed E-state index contributed by atoms with van der Waals surface area (Å²) in [6.07, 6.45) is 7.96. The maximum atomic E-state index is 11.8. The van der Waals surface area contributed by atoms with E-state index in [2.05, 4.69) is 21.8 Å². The van der Waals surface area contributed by atoms with Crippen LogP contribution >= 0.6 is 0 Å². The fourth-order valence-electron chi connectivity index (χ4n) is 3.37. The summed E-state index contributed by atoms with van der Waals surface area (Å²) in [5, 5.41) is 13.0. The third-order valence-electron chi connectivity index (χ3n) is 4.16. The van der Waals surface area contributed by atoms with Crippen molar-refractivity contribution in [1.82, 2.24) is 14.9 Å². The Bertz CT molecular complexity index is 469. The van der Waals surface area contributed by atoms with Crippen LogP contribution in [0.1, 0.15) is 58.3 Å². The number of carbonyl (C=O) groups is 1. The number of aromatic nitrogens is 2. The molecule has 2 unspecified atom stereocenters. The number of hydrogen-bond acceptors (Lipinski definition) is 3. The molecule has 112 valence electrons. The first-order chi connectivity index (χ1) is 9.48. The highest BCUT2D eigenvalue weighted by molar-refractivity contribution is 5.79. The lowest BCUT2D eigenvalue weighted by Gasteiger charge is -2.40. The summed E-state index contributed by atoms with van der Waals surface area (Å²) < 4.78 is 2.17. The molecule has 1 aliphatic rings. The summed E-state index contributed by atoms with van der Waals surface area (Å²) in [7, 11) is 0. The molecule has 2 atom stereocenters. The minimum Gasteiger partial charge on any atom is -0.480 e. The summed E-state index contributed by atoms with van der Waals surface area (Å²) in [5.74, 6) is 0.315. The van der Waals surface area contributed by atoms with Gasteiger partial charge in [0.1, 0.15) is 11.4 Å². The third-order valence-corrected chi connectivity index (χ3v) is 4.16. The molecule has 0 saturated heterocycles. The lowest BCUT2D eigenvalue weighted by atomic mass is 9.78. The Balaban J connectivity index is 2.24. The van der Waals surface area contributed by atoms with Gasteiger partial charge in [0.2, 0.25) is 0 Å². The van der Waals surface area contributed by atoms with Gasteiger partial charge in [-0.25, -0.2) is 4.98 Å². The van der Waals surface area contributed by atoms with Crippen LogP contribution in [0, 0.1) is 0 Å². The van der Waals surface area contributed by atoms with E-state index in [0.717, 1.165) is 25.1 Å². The monoisotopic (exact) mass is 279 g/mol. The Morgan fingerprint density at radius 1 is 1.65 bits per heavy atom. The number of aliphatic carboxylic acids is 1. The van der Waals surface area contributed by atoms with E-state index in [1.165, 1.54) is 0 Å². The van der Waals surface area contributed by atoms with Crippen LogP contribution in [-0.2, 0) is 11.2 Å². The quantitative estimate of drug-likeness (QED) is 0.868. The molecular formula is C15H25N3O2. The van der Waals surface area contributed by atoms with Crippen LogP contribution in [0.5, 0.6) is 0 Å². The molecule has 2 rings (SSSR count).